The Bertz CT molecular complexity index is 493. The summed E-state index contributed by atoms with van der Waals surface area (Å²) in [5.74, 6) is -0.167. The van der Waals surface area contributed by atoms with Crippen molar-refractivity contribution >= 4 is 38.2 Å². The first-order valence-corrected chi connectivity index (χ1v) is 7.69. The molecule has 1 amide bonds. The zero-order valence-electron chi connectivity index (χ0n) is 10.2. The third kappa shape index (κ3) is 3.13. The van der Waals surface area contributed by atoms with Crippen molar-refractivity contribution in [3.8, 4) is 0 Å². The van der Waals surface area contributed by atoms with E-state index in [9.17, 15) is 14.9 Å². The number of carbonyl (C=O) groups is 1. The van der Waals surface area contributed by atoms with Crippen LogP contribution in [0.25, 0.3) is 0 Å². The van der Waals surface area contributed by atoms with E-state index in [1.165, 1.54) is 12.1 Å². The minimum Gasteiger partial charge on any atom is -0.373 e. The Kier molecular flexibility index (Phi) is 4.54. The molecular formula is C11H13BrN2O4S. The first-order chi connectivity index (χ1) is 9.02. The smallest absolute Gasteiger partial charge is 0.324 e. The van der Waals surface area contributed by atoms with Crippen LogP contribution in [0.4, 0.5) is 5.00 Å². The summed E-state index contributed by atoms with van der Waals surface area (Å²) in [6.45, 7) is 2.89. The highest BCUT2D eigenvalue weighted by atomic mass is 79.9. The first kappa shape index (κ1) is 14.4. The van der Waals surface area contributed by atoms with Gasteiger partial charge in [0.05, 0.1) is 28.6 Å². The van der Waals surface area contributed by atoms with Crippen molar-refractivity contribution in [1.82, 2.24) is 4.90 Å². The van der Waals surface area contributed by atoms with E-state index in [1.54, 1.807) is 4.90 Å². The molecule has 0 aromatic carbocycles. The van der Waals surface area contributed by atoms with E-state index in [0.717, 1.165) is 11.3 Å². The first-order valence-electron chi connectivity index (χ1n) is 5.75. The maximum Gasteiger partial charge on any atom is 0.324 e. The van der Waals surface area contributed by atoms with Crippen molar-refractivity contribution in [1.29, 1.82) is 0 Å². The van der Waals surface area contributed by atoms with Crippen LogP contribution in [0.15, 0.2) is 12.1 Å². The molecule has 0 spiro atoms. The van der Waals surface area contributed by atoms with Crippen LogP contribution >= 0.6 is 27.3 Å². The normalized spacial score (nSPS) is 23.4. The number of thiophene rings is 1. The van der Waals surface area contributed by atoms with Crippen LogP contribution in [-0.4, -0.2) is 46.4 Å². The second kappa shape index (κ2) is 5.98. The molecule has 1 fully saturated rings. The van der Waals surface area contributed by atoms with E-state index in [4.69, 9.17) is 4.74 Å². The fourth-order valence-corrected chi connectivity index (χ4v) is 3.04. The molecule has 1 aromatic heterocycles. The number of alkyl halides is 1. The maximum absolute atomic E-state index is 12.4. The third-order valence-electron chi connectivity index (χ3n) is 2.92. The number of amides is 1. The van der Waals surface area contributed by atoms with Crippen molar-refractivity contribution in [2.24, 2.45) is 0 Å². The molecule has 1 saturated heterocycles. The standard InChI is InChI=1S/C11H13BrN2O4S/c1-7-6-18-8(4-12)5-13(7)11(15)9-2-3-10(19-9)14(16)17/h2-3,7-8H,4-6H2,1H3. The molecule has 2 atom stereocenters. The predicted octanol–water partition coefficient (Wildman–Crippen LogP) is 2.28. The Labute approximate surface area is 122 Å². The van der Waals surface area contributed by atoms with Crippen molar-refractivity contribution in [2.45, 2.75) is 19.1 Å². The van der Waals surface area contributed by atoms with E-state index >= 15 is 0 Å². The summed E-state index contributed by atoms with van der Waals surface area (Å²) >= 11 is 4.25. The Hall–Kier alpha value is -0.990. The van der Waals surface area contributed by atoms with Gasteiger partial charge in [-0.05, 0) is 13.0 Å². The summed E-state index contributed by atoms with van der Waals surface area (Å²) in [7, 11) is 0. The van der Waals surface area contributed by atoms with Gasteiger partial charge >= 0.3 is 5.00 Å². The zero-order chi connectivity index (χ0) is 14.0. The lowest BCUT2D eigenvalue weighted by atomic mass is 10.2. The van der Waals surface area contributed by atoms with Gasteiger partial charge in [-0.1, -0.05) is 27.3 Å². The molecule has 2 heterocycles. The van der Waals surface area contributed by atoms with Gasteiger partial charge in [0.2, 0.25) is 0 Å². The van der Waals surface area contributed by atoms with E-state index < -0.39 is 4.92 Å². The Morgan fingerprint density at radius 1 is 1.68 bits per heavy atom. The maximum atomic E-state index is 12.4. The SMILES string of the molecule is CC1COC(CBr)CN1C(=O)c1ccc([N+](=O)[O-])s1. The lowest BCUT2D eigenvalue weighted by molar-refractivity contribution is -0.380. The largest absolute Gasteiger partial charge is 0.373 e. The highest BCUT2D eigenvalue weighted by Gasteiger charge is 2.31. The molecule has 0 aliphatic carbocycles. The summed E-state index contributed by atoms with van der Waals surface area (Å²) in [6.07, 6.45) is -0.0323. The second-order valence-corrected chi connectivity index (χ2v) is 6.02. The van der Waals surface area contributed by atoms with Crippen LogP contribution in [-0.2, 0) is 4.74 Å². The van der Waals surface area contributed by atoms with E-state index in [1.807, 2.05) is 6.92 Å². The molecule has 104 valence electrons. The fraction of sp³-hybridized carbons (Fsp3) is 0.545. The summed E-state index contributed by atoms with van der Waals surface area (Å²) in [5, 5.41) is 11.3. The highest BCUT2D eigenvalue weighted by molar-refractivity contribution is 9.09. The number of nitrogens with zero attached hydrogens (tertiary/aromatic N) is 2. The Morgan fingerprint density at radius 2 is 2.42 bits per heavy atom. The van der Waals surface area contributed by atoms with Gasteiger partial charge in [-0.2, -0.15) is 0 Å². The number of carbonyl (C=O) groups excluding carboxylic acids is 1. The topological polar surface area (TPSA) is 72.7 Å². The van der Waals surface area contributed by atoms with Crippen LogP contribution < -0.4 is 0 Å². The Balaban J connectivity index is 2.14. The molecule has 2 unspecified atom stereocenters. The minimum absolute atomic E-state index is 0.0127. The molecule has 6 nitrogen and oxygen atoms in total. The zero-order valence-corrected chi connectivity index (χ0v) is 12.6. The fourth-order valence-electron chi connectivity index (χ4n) is 1.88. The molecule has 19 heavy (non-hydrogen) atoms. The van der Waals surface area contributed by atoms with Crippen LogP contribution in [0.2, 0.25) is 0 Å². The lowest BCUT2D eigenvalue weighted by Gasteiger charge is -2.37. The van der Waals surface area contributed by atoms with E-state index in [0.29, 0.717) is 23.4 Å². The molecular weight excluding hydrogens is 336 g/mol. The van der Waals surface area contributed by atoms with Gasteiger partial charge in [0.1, 0.15) is 0 Å². The number of morpholine rings is 1. The number of rotatable bonds is 3. The second-order valence-electron chi connectivity index (χ2n) is 4.31. The van der Waals surface area contributed by atoms with Crippen molar-refractivity contribution < 1.29 is 14.5 Å². The van der Waals surface area contributed by atoms with Gasteiger partial charge < -0.3 is 9.64 Å². The van der Waals surface area contributed by atoms with Crippen molar-refractivity contribution in [3.63, 3.8) is 0 Å². The molecule has 0 saturated carbocycles. The molecule has 0 N–H and O–H groups in total. The van der Waals surface area contributed by atoms with E-state index in [2.05, 4.69) is 15.9 Å². The Morgan fingerprint density at radius 3 is 3.00 bits per heavy atom. The molecule has 2 rings (SSSR count). The molecule has 1 aromatic rings. The molecule has 1 aliphatic heterocycles. The minimum atomic E-state index is -0.481. The van der Waals surface area contributed by atoms with Crippen LogP contribution in [0.3, 0.4) is 0 Å². The number of halogens is 1. The number of hydrogen-bond acceptors (Lipinski definition) is 5. The molecule has 1 aliphatic rings. The summed E-state index contributed by atoms with van der Waals surface area (Å²) in [4.78, 5) is 24.6. The average Bonchev–Trinajstić information content (AvgIpc) is 2.88. The van der Waals surface area contributed by atoms with Gasteiger partial charge in [0, 0.05) is 17.9 Å². The summed E-state index contributed by atoms with van der Waals surface area (Å²) < 4.78 is 5.55. The van der Waals surface area contributed by atoms with E-state index in [-0.39, 0.29) is 23.1 Å². The van der Waals surface area contributed by atoms with Gasteiger partial charge in [-0.25, -0.2) is 0 Å². The van der Waals surface area contributed by atoms with Gasteiger partial charge in [-0.15, -0.1) is 0 Å². The number of hydrogen-bond donors (Lipinski definition) is 0. The van der Waals surface area contributed by atoms with Crippen LogP contribution in [0.5, 0.6) is 0 Å². The summed E-state index contributed by atoms with van der Waals surface area (Å²) in [5.41, 5.74) is 0. The monoisotopic (exact) mass is 348 g/mol. The van der Waals surface area contributed by atoms with Crippen molar-refractivity contribution in [2.75, 3.05) is 18.5 Å². The average molecular weight is 349 g/mol. The number of ether oxygens (including phenoxy) is 1. The lowest BCUT2D eigenvalue weighted by Crippen LogP contribution is -2.51. The van der Waals surface area contributed by atoms with Gasteiger partial charge in [0.25, 0.3) is 5.91 Å². The van der Waals surface area contributed by atoms with Crippen molar-refractivity contribution in [3.05, 3.63) is 27.1 Å². The molecule has 0 radical (unpaired) electrons. The van der Waals surface area contributed by atoms with Gasteiger partial charge in [-0.3, -0.25) is 14.9 Å². The predicted molar refractivity (Wildman–Crippen MR) is 75.0 cm³/mol. The van der Waals surface area contributed by atoms with Crippen LogP contribution in [0.1, 0.15) is 16.6 Å². The third-order valence-corrected chi connectivity index (χ3v) is 4.67. The van der Waals surface area contributed by atoms with Crippen LogP contribution in [0, 0.1) is 10.1 Å². The quantitative estimate of drug-likeness (QED) is 0.477. The highest BCUT2D eigenvalue weighted by Crippen LogP contribution is 2.26. The number of nitro groups is 1. The van der Waals surface area contributed by atoms with Gasteiger partial charge in [0.15, 0.2) is 0 Å². The molecule has 8 heteroatoms. The molecule has 0 bridgehead atoms. The summed E-state index contributed by atoms with van der Waals surface area (Å²) in [6, 6.07) is 2.85.